The largest absolute Gasteiger partial charge is 0.383 e. The van der Waals surface area contributed by atoms with E-state index in [0.29, 0.717) is 55.7 Å². The van der Waals surface area contributed by atoms with Gasteiger partial charge in [-0.3, -0.25) is 19.4 Å². The molecule has 1 aromatic carbocycles. The summed E-state index contributed by atoms with van der Waals surface area (Å²) in [6.45, 7) is 1.58. The van der Waals surface area contributed by atoms with Gasteiger partial charge in [-0.25, -0.2) is 9.49 Å². The third-order valence-electron chi connectivity index (χ3n) is 6.71. The number of anilines is 1. The van der Waals surface area contributed by atoms with Crippen LogP contribution >= 0.6 is 0 Å². The smallest absolute Gasteiger partial charge is 0.270 e. The Morgan fingerprint density at radius 3 is 2.78 bits per heavy atom. The average Bonchev–Trinajstić information content (AvgIpc) is 2.92. The highest BCUT2D eigenvalue weighted by molar-refractivity contribution is 5.95. The van der Waals surface area contributed by atoms with Crippen LogP contribution in [0.4, 0.5) is 10.1 Å². The van der Waals surface area contributed by atoms with Crippen LogP contribution in [0.15, 0.2) is 47.4 Å². The van der Waals surface area contributed by atoms with Crippen molar-refractivity contribution in [3.05, 3.63) is 86.8 Å². The first-order valence-electron chi connectivity index (χ1n) is 12.1. The summed E-state index contributed by atoms with van der Waals surface area (Å²) in [5, 5.41) is 13.0. The van der Waals surface area contributed by atoms with E-state index in [1.54, 1.807) is 41.4 Å². The van der Waals surface area contributed by atoms with Gasteiger partial charge in [-0.2, -0.15) is 5.10 Å². The SMILES string of the molecule is O=C(NC1CCN(C(=O)c2cc(Cc3n[nH]c(=O)c4c3NCCC4)ccc2F)CC1)c1ccccn1. The minimum absolute atomic E-state index is 0.00900. The number of hydrogen-bond donors (Lipinski definition) is 3. The quantitative estimate of drug-likeness (QED) is 0.505. The Morgan fingerprint density at radius 1 is 1.17 bits per heavy atom. The number of amides is 2. The summed E-state index contributed by atoms with van der Waals surface area (Å²) in [4.78, 5) is 43.3. The van der Waals surface area contributed by atoms with Gasteiger partial charge in [0.05, 0.1) is 16.9 Å². The molecule has 0 spiro atoms. The molecule has 0 saturated carbocycles. The number of aromatic amines is 1. The number of halogens is 1. The van der Waals surface area contributed by atoms with Crippen LogP contribution in [0.3, 0.4) is 0 Å². The molecule has 0 bridgehead atoms. The van der Waals surface area contributed by atoms with E-state index in [1.165, 1.54) is 6.07 Å². The lowest BCUT2D eigenvalue weighted by atomic mass is 9.99. The Hall–Kier alpha value is -4.08. The van der Waals surface area contributed by atoms with Crippen molar-refractivity contribution in [1.29, 1.82) is 0 Å². The zero-order chi connectivity index (χ0) is 25.1. The molecule has 1 saturated heterocycles. The zero-order valence-corrected chi connectivity index (χ0v) is 19.7. The van der Waals surface area contributed by atoms with E-state index in [4.69, 9.17) is 0 Å². The number of likely N-dealkylation sites (tertiary alicyclic amines) is 1. The first-order chi connectivity index (χ1) is 17.5. The van der Waals surface area contributed by atoms with Crippen LogP contribution in [0, 0.1) is 5.82 Å². The number of aromatic nitrogens is 3. The summed E-state index contributed by atoms with van der Waals surface area (Å²) >= 11 is 0. The molecular formula is C26H27FN6O3. The molecular weight excluding hydrogens is 463 g/mol. The summed E-state index contributed by atoms with van der Waals surface area (Å²) in [6.07, 6.45) is 4.62. The van der Waals surface area contributed by atoms with E-state index in [0.717, 1.165) is 24.2 Å². The predicted octanol–water partition coefficient (Wildman–Crippen LogP) is 2.29. The number of nitrogens with one attached hydrogen (secondary N) is 3. The Labute approximate surface area is 207 Å². The number of fused-ring (bicyclic) bond motifs is 1. The van der Waals surface area contributed by atoms with Gasteiger partial charge >= 0.3 is 0 Å². The van der Waals surface area contributed by atoms with E-state index >= 15 is 0 Å². The number of carbonyl (C=O) groups is 2. The topological polar surface area (TPSA) is 120 Å². The van der Waals surface area contributed by atoms with E-state index < -0.39 is 5.82 Å². The number of carbonyl (C=O) groups excluding carboxylic acids is 2. The fraction of sp³-hybridized carbons (Fsp3) is 0.346. The fourth-order valence-electron chi connectivity index (χ4n) is 4.78. The van der Waals surface area contributed by atoms with Crippen LogP contribution in [0.2, 0.25) is 0 Å². The molecule has 3 aromatic rings. The second-order valence-corrected chi connectivity index (χ2v) is 9.13. The molecule has 36 heavy (non-hydrogen) atoms. The molecule has 0 radical (unpaired) electrons. The predicted molar refractivity (Wildman–Crippen MR) is 132 cm³/mol. The van der Waals surface area contributed by atoms with Crippen molar-refractivity contribution in [2.75, 3.05) is 25.0 Å². The average molecular weight is 491 g/mol. The standard InChI is InChI=1S/C26H27FN6O3/c27-20-7-6-16(15-22-23-18(4-3-11-29-23)24(34)32-31-22)14-19(20)26(36)33-12-8-17(9-13-33)30-25(35)21-5-1-2-10-28-21/h1-2,5-7,10,14,17,29H,3-4,8-9,11-13,15H2,(H,30,35)(H,32,34). The zero-order valence-electron chi connectivity index (χ0n) is 19.7. The second-order valence-electron chi connectivity index (χ2n) is 9.13. The minimum atomic E-state index is -0.580. The van der Waals surface area contributed by atoms with Crippen LogP contribution in [0.5, 0.6) is 0 Å². The first-order valence-corrected chi connectivity index (χ1v) is 12.1. The fourth-order valence-corrected chi connectivity index (χ4v) is 4.78. The summed E-state index contributed by atoms with van der Waals surface area (Å²) < 4.78 is 14.7. The minimum Gasteiger partial charge on any atom is -0.383 e. The molecule has 0 aliphatic carbocycles. The molecule has 186 valence electrons. The lowest BCUT2D eigenvalue weighted by Crippen LogP contribution is -2.46. The number of pyridine rings is 1. The molecule has 3 N–H and O–H groups in total. The summed E-state index contributed by atoms with van der Waals surface area (Å²) in [5.41, 5.74) is 2.97. The van der Waals surface area contributed by atoms with Gasteiger partial charge < -0.3 is 15.5 Å². The van der Waals surface area contributed by atoms with E-state index in [1.807, 2.05) is 0 Å². The van der Waals surface area contributed by atoms with Gasteiger partial charge in [-0.05, 0) is 55.5 Å². The molecule has 4 heterocycles. The molecule has 0 unspecified atom stereocenters. The molecule has 0 atom stereocenters. The van der Waals surface area contributed by atoms with Gasteiger partial charge in [0.25, 0.3) is 17.4 Å². The summed E-state index contributed by atoms with van der Waals surface area (Å²) in [6, 6.07) is 9.57. The van der Waals surface area contributed by atoms with Gasteiger partial charge in [0.1, 0.15) is 11.5 Å². The van der Waals surface area contributed by atoms with Crippen LogP contribution < -0.4 is 16.2 Å². The molecule has 2 aliphatic heterocycles. The number of piperidine rings is 1. The van der Waals surface area contributed by atoms with Gasteiger partial charge in [0, 0.05) is 43.9 Å². The number of H-pyrrole nitrogens is 1. The maximum absolute atomic E-state index is 14.7. The maximum atomic E-state index is 14.7. The Bertz CT molecular complexity index is 1340. The summed E-state index contributed by atoms with van der Waals surface area (Å²) in [5.74, 6) is -1.20. The van der Waals surface area contributed by atoms with Gasteiger partial charge in [0.2, 0.25) is 0 Å². The van der Waals surface area contributed by atoms with E-state index in [-0.39, 0.29) is 29.0 Å². The van der Waals surface area contributed by atoms with Crippen molar-refractivity contribution in [1.82, 2.24) is 25.4 Å². The van der Waals surface area contributed by atoms with Crippen molar-refractivity contribution in [2.45, 2.75) is 38.1 Å². The third-order valence-corrected chi connectivity index (χ3v) is 6.71. The van der Waals surface area contributed by atoms with Crippen LogP contribution in [-0.2, 0) is 12.8 Å². The highest BCUT2D eigenvalue weighted by Gasteiger charge is 2.27. The van der Waals surface area contributed by atoms with Gasteiger partial charge in [0.15, 0.2) is 0 Å². The molecule has 1 fully saturated rings. The molecule has 10 heteroatoms. The monoisotopic (exact) mass is 490 g/mol. The van der Waals surface area contributed by atoms with Gasteiger partial charge in [-0.1, -0.05) is 12.1 Å². The van der Waals surface area contributed by atoms with E-state index in [2.05, 4.69) is 25.8 Å². The second kappa shape index (κ2) is 10.3. The summed E-state index contributed by atoms with van der Waals surface area (Å²) in [7, 11) is 0. The Kier molecular flexibility index (Phi) is 6.75. The Morgan fingerprint density at radius 2 is 2.00 bits per heavy atom. The van der Waals surface area contributed by atoms with Crippen LogP contribution in [0.25, 0.3) is 0 Å². The third kappa shape index (κ3) is 4.98. The van der Waals surface area contributed by atoms with Crippen molar-refractivity contribution < 1.29 is 14.0 Å². The lowest BCUT2D eigenvalue weighted by molar-refractivity contribution is 0.0693. The maximum Gasteiger partial charge on any atom is 0.270 e. The van der Waals surface area contributed by atoms with Crippen molar-refractivity contribution >= 4 is 17.5 Å². The normalized spacial score (nSPS) is 15.6. The number of rotatable bonds is 5. The number of benzene rings is 1. The molecule has 9 nitrogen and oxygen atoms in total. The first kappa shape index (κ1) is 23.7. The van der Waals surface area contributed by atoms with E-state index in [9.17, 15) is 18.8 Å². The number of nitrogens with zero attached hydrogens (tertiary/aromatic N) is 3. The Balaban J connectivity index is 1.25. The van der Waals surface area contributed by atoms with Crippen molar-refractivity contribution in [3.8, 4) is 0 Å². The lowest BCUT2D eigenvalue weighted by Gasteiger charge is -2.32. The van der Waals surface area contributed by atoms with Crippen molar-refractivity contribution in [2.24, 2.45) is 0 Å². The van der Waals surface area contributed by atoms with Crippen LogP contribution in [-0.4, -0.2) is 57.6 Å². The van der Waals surface area contributed by atoms with Crippen molar-refractivity contribution in [3.63, 3.8) is 0 Å². The van der Waals surface area contributed by atoms with Gasteiger partial charge in [-0.15, -0.1) is 0 Å². The highest BCUT2D eigenvalue weighted by atomic mass is 19.1. The number of hydrogen-bond acceptors (Lipinski definition) is 6. The van der Waals surface area contributed by atoms with Crippen LogP contribution in [0.1, 0.15) is 56.9 Å². The molecule has 2 aromatic heterocycles. The molecule has 2 aliphatic rings. The highest BCUT2D eigenvalue weighted by Crippen LogP contribution is 2.25. The molecule has 5 rings (SSSR count). The molecule has 2 amide bonds.